The summed E-state index contributed by atoms with van der Waals surface area (Å²) >= 11 is 0. The van der Waals surface area contributed by atoms with E-state index in [4.69, 9.17) is 14.2 Å². The smallest absolute Gasteiger partial charge is 0.338 e. The molecule has 1 aromatic heterocycles. The lowest BCUT2D eigenvalue weighted by molar-refractivity contribution is -0.0582. The summed E-state index contributed by atoms with van der Waals surface area (Å²) in [5.41, 5.74) is 1.95. The number of aryl methyl sites for hydroxylation is 3. The van der Waals surface area contributed by atoms with E-state index in [-0.39, 0.29) is 13.0 Å². The standard InChI is InChI=1S/C26H26N2O7/c1-15-4-8-18(9-5-15)24(30)33-14-21-20(35-25(31)19-10-6-16(2)7-11-19)12-22(34-21)28-13-17(3)23(29)27-26(28)32/h4-11,13,20-22H,12,14H2,1-3H3,(H,27,29,32)/t20-,21+,22+/m0/s1. The fourth-order valence-electron chi connectivity index (χ4n) is 3.77. The average Bonchev–Trinajstić information content (AvgIpc) is 3.22. The monoisotopic (exact) mass is 478 g/mol. The SMILES string of the molecule is Cc1ccc(C(=O)OC[C@H]2O[C@@H](n3cc(C)c(=O)[nH]c3=O)C[C@@H]2OC(=O)c2ccc(C)cc2)cc1. The number of nitrogens with zero attached hydrogens (tertiary/aromatic N) is 1. The quantitative estimate of drug-likeness (QED) is 0.542. The van der Waals surface area contributed by atoms with E-state index in [1.807, 2.05) is 13.8 Å². The predicted molar refractivity (Wildman–Crippen MR) is 126 cm³/mol. The second kappa shape index (κ2) is 10.1. The van der Waals surface area contributed by atoms with Crippen LogP contribution in [0.25, 0.3) is 0 Å². The normalized spacial score (nSPS) is 19.3. The van der Waals surface area contributed by atoms with Gasteiger partial charge in [-0.15, -0.1) is 0 Å². The van der Waals surface area contributed by atoms with Crippen LogP contribution in [0.1, 0.15) is 50.1 Å². The molecule has 2 aromatic carbocycles. The Hall–Kier alpha value is -3.98. The van der Waals surface area contributed by atoms with Gasteiger partial charge in [-0.1, -0.05) is 35.4 Å². The number of esters is 2. The molecule has 3 aromatic rings. The second-order valence-electron chi connectivity index (χ2n) is 8.62. The van der Waals surface area contributed by atoms with E-state index in [9.17, 15) is 19.2 Å². The first-order chi connectivity index (χ1) is 16.7. The molecule has 0 radical (unpaired) electrons. The van der Waals surface area contributed by atoms with Crippen molar-refractivity contribution >= 4 is 11.9 Å². The molecule has 0 bridgehead atoms. The summed E-state index contributed by atoms with van der Waals surface area (Å²) in [6.07, 6.45) is -0.903. The number of hydrogen-bond acceptors (Lipinski definition) is 7. The first-order valence-electron chi connectivity index (χ1n) is 11.2. The first-order valence-corrected chi connectivity index (χ1v) is 11.2. The fraction of sp³-hybridized carbons (Fsp3) is 0.308. The minimum absolute atomic E-state index is 0.135. The molecule has 1 aliphatic heterocycles. The molecule has 1 N–H and O–H groups in total. The topological polar surface area (TPSA) is 117 Å². The van der Waals surface area contributed by atoms with Gasteiger partial charge < -0.3 is 14.2 Å². The van der Waals surface area contributed by atoms with Gasteiger partial charge in [0.2, 0.25) is 0 Å². The molecule has 1 aliphatic rings. The number of hydrogen-bond donors (Lipinski definition) is 1. The van der Waals surface area contributed by atoms with E-state index in [1.54, 1.807) is 55.5 Å². The van der Waals surface area contributed by atoms with Crippen LogP contribution in [0.4, 0.5) is 0 Å². The van der Waals surface area contributed by atoms with Gasteiger partial charge >= 0.3 is 17.6 Å². The van der Waals surface area contributed by atoms with Crippen LogP contribution in [0, 0.1) is 20.8 Å². The van der Waals surface area contributed by atoms with Crippen molar-refractivity contribution in [3.8, 4) is 0 Å². The number of carbonyl (C=O) groups excluding carboxylic acids is 2. The van der Waals surface area contributed by atoms with Gasteiger partial charge in [0.1, 0.15) is 25.0 Å². The summed E-state index contributed by atoms with van der Waals surface area (Å²) < 4.78 is 18.4. The molecule has 0 aliphatic carbocycles. The number of benzene rings is 2. The Morgan fingerprint density at radius 1 is 0.943 bits per heavy atom. The van der Waals surface area contributed by atoms with E-state index in [1.165, 1.54) is 10.8 Å². The fourth-order valence-corrected chi connectivity index (χ4v) is 3.77. The van der Waals surface area contributed by atoms with Crippen molar-refractivity contribution in [3.63, 3.8) is 0 Å². The summed E-state index contributed by atoms with van der Waals surface area (Å²) in [4.78, 5) is 51.6. The van der Waals surface area contributed by atoms with Crippen molar-refractivity contribution in [2.24, 2.45) is 0 Å². The molecule has 9 nitrogen and oxygen atoms in total. The van der Waals surface area contributed by atoms with Crippen LogP contribution in [-0.2, 0) is 14.2 Å². The molecule has 9 heteroatoms. The Bertz CT molecular complexity index is 1340. The van der Waals surface area contributed by atoms with Crippen LogP contribution in [-0.4, -0.2) is 40.3 Å². The summed E-state index contributed by atoms with van der Waals surface area (Å²) in [6, 6.07) is 13.8. The van der Waals surface area contributed by atoms with Crippen molar-refractivity contribution < 1.29 is 23.8 Å². The van der Waals surface area contributed by atoms with Crippen molar-refractivity contribution in [2.45, 2.75) is 45.6 Å². The molecule has 0 saturated carbocycles. The third-order valence-corrected chi connectivity index (χ3v) is 5.85. The summed E-state index contributed by atoms with van der Waals surface area (Å²) in [7, 11) is 0. The van der Waals surface area contributed by atoms with Gasteiger partial charge in [-0.2, -0.15) is 0 Å². The van der Waals surface area contributed by atoms with Crippen molar-refractivity contribution in [3.05, 3.63) is 103 Å². The van der Waals surface area contributed by atoms with Crippen molar-refractivity contribution in [1.29, 1.82) is 0 Å². The van der Waals surface area contributed by atoms with Gasteiger partial charge in [0.15, 0.2) is 0 Å². The van der Waals surface area contributed by atoms with Gasteiger partial charge in [-0.3, -0.25) is 14.3 Å². The third-order valence-electron chi connectivity index (χ3n) is 5.85. The third kappa shape index (κ3) is 5.58. The first kappa shape index (κ1) is 24.2. The van der Waals surface area contributed by atoms with Crippen LogP contribution in [0.15, 0.2) is 64.3 Å². The highest BCUT2D eigenvalue weighted by atomic mass is 16.6. The Morgan fingerprint density at radius 2 is 1.51 bits per heavy atom. The van der Waals surface area contributed by atoms with Gasteiger partial charge in [-0.25, -0.2) is 14.4 Å². The summed E-state index contributed by atoms with van der Waals surface area (Å²) in [5.74, 6) is -1.10. The highest BCUT2D eigenvalue weighted by molar-refractivity contribution is 5.90. The summed E-state index contributed by atoms with van der Waals surface area (Å²) in [5, 5.41) is 0. The lowest BCUT2D eigenvalue weighted by Gasteiger charge is -2.19. The van der Waals surface area contributed by atoms with E-state index >= 15 is 0 Å². The Morgan fingerprint density at radius 3 is 2.11 bits per heavy atom. The molecule has 2 heterocycles. The largest absolute Gasteiger partial charge is 0.459 e. The molecule has 4 rings (SSSR count). The zero-order valence-electron chi connectivity index (χ0n) is 19.6. The number of nitrogens with one attached hydrogen (secondary N) is 1. The second-order valence-corrected chi connectivity index (χ2v) is 8.62. The van der Waals surface area contributed by atoms with Gasteiger partial charge in [0, 0.05) is 18.2 Å². The molecule has 0 amide bonds. The van der Waals surface area contributed by atoms with E-state index < -0.39 is 41.6 Å². The zero-order chi connectivity index (χ0) is 25.1. The lowest BCUT2D eigenvalue weighted by Crippen LogP contribution is -2.33. The van der Waals surface area contributed by atoms with Gasteiger partial charge in [-0.05, 0) is 45.0 Å². The van der Waals surface area contributed by atoms with Crippen LogP contribution in [0.2, 0.25) is 0 Å². The highest BCUT2D eigenvalue weighted by Gasteiger charge is 2.40. The molecular weight excluding hydrogens is 452 g/mol. The molecule has 1 fully saturated rings. The molecule has 0 unspecified atom stereocenters. The molecular formula is C26H26N2O7. The maximum atomic E-state index is 12.8. The maximum Gasteiger partial charge on any atom is 0.338 e. The molecule has 1 saturated heterocycles. The van der Waals surface area contributed by atoms with Crippen LogP contribution in [0.3, 0.4) is 0 Å². The minimum atomic E-state index is -0.822. The molecule has 0 spiro atoms. The Balaban J connectivity index is 1.53. The Kier molecular flexibility index (Phi) is 6.97. The molecule has 182 valence electrons. The average molecular weight is 479 g/mol. The van der Waals surface area contributed by atoms with E-state index in [0.717, 1.165) is 11.1 Å². The number of carbonyl (C=O) groups is 2. The molecule has 3 atom stereocenters. The number of ether oxygens (including phenoxy) is 3. The van der Waals surface area contributed by atoms with E-state index in [2.05, 4.69) is 4.98 Å². The number of aromatic nitrogens is 2. The minimum Gasteiger partial charge on any atom is -0.459 e. The number of H-pyrrole nitrogens is 1. The number of aromatic amines is 1. The van der Waals surface area contributed by atoms with Gasteiger partial charge in [0.25, 0.3) is 5.56 Å². The summed E-state index contributed by atoms with van der Waals surface area (Å²) in [6.45, 7) is 5.20. The van der Waals surface area contributed by atoms with Crippen LogP contribution in [0.5, 0.6) is 0 Å². The van der Waals surface area contributed by atoms with Crippen LogP contribution < -0.4 is 11.2 Å². The molecule has 35 heavy (non-hydrogen) atoms. The van der Waals surface area contributed by atoms with Crippen molar-refractivity contribution in [1.82, 2.24) is 9.55 Å². The number of rotatable bonds is 6. The van der Waals surface area contributed by atoms with Crippen molar-refractivity contribution in [2.75, 3.05) is 6.61 Å². The Labute approximate surface area is 201 Å². The predicted octanol–water partition coefficient (Wildman–Crippen LogP) is 2.83. The van der Waals surface area contributed by atoms with Gasteiger partial charge in [0.05, 0.1) is 11.1 Å². The maximum absolute atomic E-state index is 12.8. The lowest BCUT2D eigenvalue weighted by atomic mass is 10.1. The van der Waals surface area contributed by atoms with E-state index in [0.29, 0.717) is 16.7 Å². The zero-order valence-corrected chi connectivity index (χ0v) is 19.6. The highest BCUT2D eigenvalue weighted by Crippen LogP contribution is 2.31. The van der Waals surface area contributed by atoms with Crippen LogP contribution >= 0.6 is 0 Å².